The third-order valence-corrected chi connectivity index (χ3v) is 5.20. The Morgan fingerprint density at radius 3 is 2.50 bits per heavy atom. The van der Waals surface area contributed by atoms with Gasteiger partial charge >= 0.3 is 0 Å². The van der Waals surface area contributed by atoms with E-state index in [1.807, 2.05) is 12.1 Å². The minimum Gasteiger partial charge on any atom is -0.328 e. The molecule has 2 aromatic rings. The van der Waals surface area contributed by atoms with Gasteiger partial charge in [-0.15, -0.1) is 0 Å². The number of piperazine rings is 1. The molecule has 2 aromatic carbocycles. The van der Waals surface area contributed by atoms with Crippen LogP contribution in [0.15, 0.2) is 47.6 Å². The van der Waals surface area contributed by atoms with Crippen LogP contribution in [-0.2, 0) is 6.54 Å². The van der Waals surface area contributed by atoms with Gasteiger partial charge in [-0.05, 0) is 13.0 Å². The van der Waals surface area contributed by atoms with Gasteiger partial charge < -0.3 is 4.90 Å². The smallest absolute Gasteiger partial charge is 0.103 e. The number of hydrogen-bond acceptors (Lipinski definition) is 2. The molecule has 1 N–H and O–H groups in total. The lowest BCUT2D eigenvalue weighted by atomic mass is 10.1. The molecule has 0 amide bonds. The molecule has 0 unspecified atom stereocenters. The molecule has 0 bridgehead atoms. The number of aryl methyl sites for hydroxylation is 1. The van der Waals surface area contributed by atoms with Gasteiger partial charge in [0, 0.05) is 11.1 Å². The molecule has 1 saturated heterocycles. The predicted molar refractivity (Wildman–Crippen MR) is 101 cm³/mol. The second-order valence-electron chi connectivity index (χ2n) is 6.25. The summed E-state index contributed by atoms with van der Waals surface area (Å²) in [7, 11) is 0. The molecule has 5 heteroatoms. The number of rotatable bonds is 4. The van der Waals surface area contributed by atoms with Crippen molar-refractivity contribution in [1.82, 2.24) is 5.01 Å². The van der Waals surface area contributed by atoms with Crippen molar-refractivity contribution in [3.63, 3.8) is 0 Å². The normalized spacial score (nSPS) is 16.0. The Bertz CT molecular complexity index is 705. The number of nitrogens with zero attached hydrogens (tertiary/aromatic N) is 2. The van der Waals surface area contributed by atoms with Crippen molar-refractivity contribution in [2.45, 2.75) is 13.5 Å². The van der Waals surface area contributed by atoms with Gasteiger partial charge in [-0.25, -0.2) is 0 Å². The Balaban J connectivity index is 1.52. The van der Waals surface area contributed by atoms with Crippen molar-refractivity contribution in [2.24, 2.45) is 5.10 Å². The van der Waals surface area contributed by atoms with E-state index >= 15 is 0 Å². The van der Waals surface area contributed by atoms with Gasteiger partial charge in [0.2, 0.25) is 0 Å². The lowest BCUT2D eigenvalue weighted by Gasteiger charge is -2.30. The number of halogens is 2. The highest BCUT2D eigenvalue weighted by molar-refractivity contribution is 6.43. The van der Waals surface area contributed by atoms with Crippen LogP contribution >= 0.6 is 23.2 Å². The maximum Gasteiger partial charge on any atom is 0.103 e. The molecule has 1 aliphatic heterocycles. The summed E-state index contributed by atoms with van der Waals surface area (Å²) in [5, 5.41) is 7.79. The number of hydrazone groups is 1. The molecule has 24 heavy (non-hydrogen) atoms. The van der Waals surface area contributed by atoms with E-state index in [0.717, 1.165) is 38.3 Å². The van der Waals surface area contributed by atoms with Gasteiger partial charge in [-0.1, -0.05) is 65.2 Å². The van der Waals surface area contributed by atoms with Crippen LogP contribution in [-0.4, -0.2) is 37.4 Å². The summed E-state index contributed by atoms with van der Waals surface area (Å²) >= 11 is 12.2. The quantitative estimate of drug-likeness (QED) is 0.828. The minimum atomic E-state index is 0.562. The molecule has 1 heterocycles. The summed E-state index contributed by atoms with van der Waals surface area (Å²) in [5.74, 6) is 0. The molecule has 1 fully saturated rings. The SMILES string of the molecule is Cc1ccc(C[NH+]2CCN(N=Cc3cccc(Cl)c3Cl)CC2)cc1. The second-order valence-corrected chi connectivity index (χ2v) is 7.04. The Hall–Kier alpha value is -1.55. The summed E-state index contributed by atoms with van der Waals surface area (Å²) in [6.45, 7) is 7.30. The molecule has 0 atom stereocenters. The van der Waals surface area contributed by atoms with Crippen molar-refractivity contribution < 1.29 is 4.90 Å². The number of quaternary nitrogens is 1. The van der Waals surface area contributed by atoms with E-state index < -0.39 is 0 Å². The Morgan fingerprint density at radius 1 is 1.08 bits per heavy atom. The van der Waals surface area contributed by atoms with E-state index in [4.69, 9.17) is 23.2 Å². The average Bonchev–Trinajstić information content (AvgIpc) is 2.59. The maximum atomic E-state index is 6.19. The highest BCUT2D eigenvalue weighted by Gasteiger charge is 2.18. The zero-order chi connectivity index (χ0) is 16.9. The van der Waals surface area contributed by atoms with Crippen molar-refractivity contribution >= 4 is 29.4 Å². The lowest BCUT2D eigenvalue weighted by molar-refractivity contribution is -0.918. The average molecular weight is 363 g/mol. The highest BCUT2D eigenvalue weighted by Crippen LogP contribution is 2.24. The van der Waals surface area contributed by atoms with E-state index in [0.29, 0.717) is 10.0 Å². The van der Waals surface area contributed by atoms with E-state index in [1.165, 1.54) is 11.1 Å². The lowest BCUT2D eigenvalue weighted by Crippen LogP contribution is -3.13. The van der Waals surface area contributed by atoms with Crippen LogP contribution in [0.25, 0.3) is 0 Å². The van der Waals surface area contributed by atoms with Crippen molar-refractivity contribution in [2.75, 3.05) is 26.2 Å². The standard InChI is InChI=1S/C19H21Cl2N3/c1-15-5-7-16(8-6-15)14-23-9-11-24(12-10-23)22-13-17-3-2-4-18(20)19(17)21/h2-8,13H,9-12,14H2,1H3/p+1. The van der Waals surface area contributed by atoms with Crippen molar-refractivity contribution in [3.8, 4) is 0 Å². The van der Waals surface area contributed by atoms with Gasteiger partial charge in [0.1, 0.15) is 6.54 Å². The molecular weight excluding hydrogens is 341 g/mol. The molecule has 0 saturated carbocycles. The number of hydrogen-bond donors (Lipinski definition) is 1. The summed E-state index contributed by atoms with van der Waals surface area (Å²) in [5.41, 5.74) is 3.57. The van der Waals surface area contributed by atoms with Gasteiger partial charge in [0.25, 0.3) is 0 Å². The largest absolute Gasteiger partial charge is 0.328 e. The Labute approximate surface area is 153 Å². The van der Waals surface area contributed by atoms with Crippen LogP contribution in [0.5, 0.6) is 0 Å². The highest BCUT2D eigenvalue weighted by atomic mass is 35.5. The fraction of sp³-hybridized carbons (Fsp3) is 0.316. The van der Waals surface area contributed by atoms with Gasteiger partial charge in [0.15, 0.2) is 0 Å². The van der Waals surface area contributed by atoms with Crippen LogP contribution in [0.4, 0.5) is 0 Å². The van der Waals surface area contributed by atoms with Crippen molar-refractivity contribution in [3.05, 3.63) is 69.2 Å². The maximum absolute atomic E-state index is 6.19. The predicted octanol–water partition coefficient (Wildman–Crippen LogP) is 3.04. The fourth-order valence-corrected chi connectivity index (χ4v) is 3.22. The molecule has 0 aromatic heterocycles. The van der Waals surface area contributed by atoms with E-state index in [9.17, 15) is 0 Å². The first-order chi connectivity index (χ1) is 11.6. The van der Waals surface area contributed by atoms with Crippen LogP contribution in [0.2, 0.25) is 10.0 Å². The third-order valence-electron chi connectivity index (χ3n) is 4.36. The fourth-order valence-electron chi connectivity index (χ4n) is 2.86. The zero-order valence-corrected chi connectivity index (χ0v) is 15.3. The van der Waals surface area contributed by atoms with E-state index in [1.54, 1.807) is 17.2 Å². The molecule has 0 aliphatic carbocycles. The second kappa shape index (κ2) is 8.02. The molecule has 0 spiro atoms. The summed E-state index contributed by atoms with van der Waals surface area (Å²) in [4.78, 5) is 1.60. The van der Waals surface area contributed by atoms with Gasteiger partial charge in [-0.3, -0.25) is 5.01 Å². The van der Waals surface area contributed by atoms with Crippen LogP contribution < -0.4 is 4.90 Å². The Morgan fingerprint density at radius 2 is 1.79 bits per heavy atom. The molecular formula is C19H22Cl2N3+. The van der Waals surface area contributed by atoms with E-state index in [-0.39, 0.29) is 0 Å². The van der Waals surface area contributed by atoms with Crippen LogP contribution in [0, 0.1) is 6.92 Å². The molecule has 126 valence electrons. The molecule has 1 aliphatic rings. The summed E-state index contributed by atoms with van der Waals surface area (Å²) in [6.07, 6.45) is 1.80. The molecule has 0 radical (unpaired) electrons. The molecule has 3 nitrogen and oxygen atoms in total. The first-order valence-electron chi connectivity index (χ1n) is 8.24. The first kappa shape index (κ1) is 17.3. The van der Waals surface area contributed by atoms with Crippen LogP contribution in [0.1, 0.15) is 16.7 Å². The summed E-state index contributed by atoms with van der Waals surface area (Å²) < 4.78 is 0. The van der Waals surface area contributed by atoms with Crippen molar-refractivity contribution in [1.29, 1.82) is 0 Å². The van der Waals surface area contributed by atoms with Gasteiger partial charge in [0.05, 0.1) is 42.4 Å². The first-order valence-corrected chi connectivity index (χ1v) is 8.99. The number of nitrogens with one attached hydrogen (secondary N) is 1. The third kappa shape index (κ3) is 4.50. The summed E-state index contributed by atoms with van der Waals surface area (Å²) in [6, 6.07) is 14.4. The Kier molecular flexibility index (Phi) is 5.77. The van der Waals surface area contributed by atoms with E-state index in [2.05, 4.69) is 41.3 Å². The molecule has 3 rings (SSSR count). The topological polar surface area (TPSA) is 20.0 Å². The minimum absolute atomic E-state index is 0.562. The zero-order valence-electron chi connectivity index (χ0n) is 13.8. The van der Waals surface area contributed by atoms with Gasteiger partial charge in [-0.2, -0.15) is 5.10 Å². The number of benzene rings is 2. The monoisotopic (exact) mass is 362 g/mol. The van der Waals surface area contributed by atoms with Crippen LogP contribution in [0.3, 0.4) is 0 Å².